The lowest BCUT2D eigenvalue weighted by molar-refractivity contribution is -0.140. The number of rotatable bonds is 30. The molecule has 4 aromatic heterocycles. The van der Waals surface area contributed by atoms with Gasteiger partial charge in [-0.25, -0.2) is 33.2 Å². The van der Waals surface area contributed by atoms with Gasteiger partial charge in [-0.05, 0) is 25.0 Å². The molecule has 13 N–H and O–H groups in total. The maximum absolute atomic E-state index is 12.4. The van der Waals surface area contributed by atoms with Gasteiger partial charge in [0.25, 0.3) is 5.91 Å². The number of carboxylic acid groups (broad SMARTS) is 4. The van der Waals surface area contributed by atoms with Crippen LogP contribution in [0.3, 0.4) is 0 Å². The molecule has 5 amide bonds. The normalized spacial score (nSPS) is 12.5. The number of imidazole rings is 2. The van der Waals surface area contributed by atoms with E-state index in [4.69, 9.17) is 36.6 Å². The van der Waals surface area contributed by atoms with E-state index in [0.29, 0.717) is 12.2 Å². The number of thioether (sulfide) groups is 1. The van der Waals surface area contributed by atoms with E-state index >= 15 is 0 Å². The van der Waals surface area contributed by atoms with Crippen LogP contribution in [0.4, 0.5) is 0 Å². The summed E-state index contributed by atoms with van der Waals surface area (Å²) in [5, 5.41) is 61.7. The van der Waals surface area contributed by atoms with Crippen LogP contribution >= 0.6 is 33.3 Å². The Morgan fingerprint density at radius 2 is 1.14 bits per heavy atom. The number of carbonyl (C=O) groups excluding carboxylic acids is 6. The van der Waals surface area contributed by atoms with Crippen molar-refractivity contribution in [2.24, 2.45) is 25.6 Å². The number of nitrogens with zero attached hydrogens (tertiary/aromatic N) is 10. The quantitative estimate of drug-likeness (QED) is 0.0131. The van der Waals surface area contributed by atoms with Crippen molar-refractivity contribution in [2.75, 3.05) is 49.3 Å². The van der Waals surface area contributed by atoms with E-state index in [-0.39, 0.29) is 78.8 Å². The van der Waals surface area contributed by atoms with Gasteiger partial charge in [0, 0.05) is 50.7 Å². The van der Waals surface area contributed by atoms with Crippen LogP contribution in [0, 0.1) is 0 Å². The monoisotopic (exact) mass is 1100 g/mol. The number of nitrogens with one attached hydrogen (secondary N) is 5. The van der Waals surface area contributed by atoms with E-state index in [1.54, 1.807) is 0 Å². The second-order valence-corrected chi connectivity index (χ2v) is 18.7. The minimum atomic E-state index is -1.27. The maximum atomic E-state index is 12.4. The lowest BCUT2D eigenvalue weighted by Crippen LogP contribution is -2.49. The predicted octanol–water partition coefficient (Wildman–Crippen LogP) is -6.21. The third kappa shape index (κ3) is 19.7. The van der Waals surface area contributed by atoms with Crippen molar-refractivity contribution in [1.82, 2.24) is 75.3 Å². The molecule has 0 saturated heterocycles. The molecule has 0 fully saturated rings. The minimum absolute atomic E-state index is 0.0187. The summed E-state index contributed by atoms with van der Waals surface area (Å²) in [5.41, 5.74) is 9.42. The van der Waals surface area contributed by atoms with Crippen LogP contribution in [-0.2, 0) is 57.2 Å². The summed E-state index contributed by atoms with van der Waals surface area (Å²) < 4.78 is 9.23. The molecule has 4 heterocycles. The van der Waals surface area contributed by atoms with Gasteiger partial charge in [0.15, 0.2) is 22.7 Å². The van der Waals surface area contributed by atoms with Gasteiger partial charge in [-0.1, -0.05) is 32.0 Å². The van der Waals surface area contributed by atoms with E-state index in [0.717, 1.165) is 35.3 Å². The Morgan fingerprint density at radius 1 is 0.662 bits per heavy atom. The van der Waals surface area contributed by atoms with Crippen LogP contribution < -0.4 is 49.4 Å². The van der Waals surface area contributed by atoms with E-state index < -0.39 is 108 Å². The maximum Gasteiger partial charge on any atom is 0.361 e. The molecule has 0 radical (unpaired) electrons. The van der Waals surface area contributed by atoms with Crippen molar-refractivity contribution in [3.63, 3.8) is 0 Å². The zero-order chi connectivity index (χ0) is 55.1. The molecular weight excluding hydrogens is 1050 g/mol. The van der Waals surface area contributed by atoms with Crippen LogP contribution in [0.25, 0.3) is 11.3 Å². The third-order valence-corrected chi connectivity index (χ3v) is 12.8. The van der Waals surface area contributed by atoms with Crippen molar-refractivity contribution in [1.29, 1.82) is 0 Å². The van der Waals surface area contributed by atoms with Gasteiger partial charge in [0.1, 0.15) is 56.5 Å². The highest BCUT2D eigenvalue weighted by atomic mass is 33.1. The number of carbonyl (C=O) groups is 10. The Bertz CT molecular complexity index is 2620. The number of carboxylic acids is 4. The number of ether oxygens (including phenoxy) is 1. The molecular formula is C37H51N17O17S3. The van der Waals surface area contributed by atoms with Crippen LogP contribution in [0.2, 0.25) is 0 Å². The molecule has 0 aliphatic carbocycles. The van der Waals surface area contributed by atoms with Gasteiger partial charge >= 0.3 is 41.2 Å². The number of hydrogen-bond donors (Lipinski definition) is 11. The number of nitrogens with two attached hydrogens (primary N) is 2. The summed E-state index contributed by atoms with van der Waals surface area (Å²) >= 11 is 1.27. The number of aliphatic carboxylic acids is 4. The van der Waals surface area contributed by atoms with Gasteiger partial charge in [0.2, 0.25) is 23.6 Å². The van der Waals surface area contributed by atoms with Crippen LogP contribution in [0.5, 0.6) is 0 Å². The average molecular weight is 1100 g/mol. The summed E-state index contributed by atoms with van der Waals surface area (Å²) in [6.07, 6.45) is 2.02. The van der Waals surface area contributed by atoms with E-state index in [9.17, 15) is 57.5 Å². The second-order valence-electron chi connectivity index (χ2n) is 14.9. The van der Waals surface area contributed by atoms with Gasteiger partial charge < -0.3 is 63.2 Å². The van der Waals surface area contributed by atoms with Crippen molar-refractivity contribution >= 4 is 104 Å². The molecule has 404 valence electrons. The van der Waals surface area contributed by atoms with E-state index in [1.807, 2.05) is 0 Å². The van der Waals surface area contributed by atoms with Crippen molar-refractivity contribution < 1.29 is 73.1 Å². The Morgan fingerprint density at radius 3 is 1.62 bits per heavy atom. The Balaban J connectivity index is 0.000000390. The summed E-state index contributed by atoms with van der Waals surface area (Å²) in [5.74, 6) is -8.23. The molecule has 34 nitrogen and oxygen atoms in total. The molecule has 0 aromatic carbocycles. The smallest absolute Gasteiger partial charge is 0.361 e. The lowest BCUT2D eigenvalue weighted by Gasteiger charge is -2.18. The lowest BCUT2D eigenvalue weighted by atomic mass is 10.1. The summed E-state index contributed by atoms with van der Waals surface area (Å²) in [7, 11) is 5.16. The first-order chi connectivity index (χ1) is 35.0. The fourth-order valence-corrected chi connectivity index (χ4v) is 8.41. The first-order valence-electron chi connectivity index (χ1n) is 21.4. The number of hydrogen-bond acceptors (Lipinski definition) is 24. The van der Waals surface area contributed by atoms with Crippen molar-refractivity contribution in [2.45, 2.75) is 56.3 Å². The fraction of sp³-hybridized carbons (Fsp3) is 0.514. The predicted molar refractivity (Wildman–Crippen MR) is 256 cm³/mol. The molecule has 37 heteroatoms. The Labute approximate surface area is 427 Å². The number of esters is 1. The molecule has 4 aromatic rings. The SMILES string of the molecule is Cn1nnc2c(C(=O)NCCCSC[C@H](NC(=O)CC[C@H](N)C(=O)O)C(=O)NCC(=O)O)ncn2c1=O.Cn1nnc2c(C(=O)OCCSSC[C@H](NC(=O)CC[C@H](N)C(=O)O)C(=O)NCC(=O)O)ncn2c1=O. The topological polar surface area (TPSA) is 503 Å². The van der Waals surface area contributed by atoms with Crippen molar-refractivity contribution in [3.8, 4) is 0 Å². The minimum Gasteiger partial charge on any atom is -0.480 e. The van der Waals surface area contributed by atoms with Crippen LogP contribution in [0.15, 0.2) is 22.2 Å². The number of fused-ring (bicyclic) bond motifs is 2. The number of aryl methyl sites for hydroxylation is 2. The molecule has 0 spiro atoms. The third-order valence-electron chi connectivity index (χ3n) is 9.29. The first-order valence-corrected chi connectivity index (χ1v) is 25.0. The van der Waals surface area contributed by atoms with Crippen molar-refractivity contribution in [3.05, 3.63) is 45.0 Å². The highest BCUT2D eigenvalue weighted by Crippen LogP contribution is 2.22. The number of aromatic nitrogens is 10. The summed E-state index contributed by atoms with van der Waals surface area (Å²) in [4.78, 5) is 148. The second kappa shape index (κ2) is 30.3. The van der Waals surface area contributed by atoms with Crippen LogP contribution in [0.1, 0.15) is 53.1 Å². The molecule has 0 saturated carbocycles. The number of amides is 5. The summed E-state index contributed by atoms with van der Waals surface area (Å²) in [6, 6.07) is -4.64. The molecule has 0 bridgehead atoms. The fourth-order valence-electron chi connectivity index (χ4n) is 5.43. The standard InChI is InChI=1S/C19H27N9O8S.C18H24N8O9S2/c1-27-19(36)28-9-23-14(15(28)25-26-27)17(33)21-5-2-6-37-8-11(16(32)22-7-13(30)31)24-12(29)4-3-10(20)18(34)35;1-25-18(34)26-8-21-13(14(26)23-24-25)17(33)35-4-5-36-37-7-10(15(30)20-6-12(28)29)22-11(27)3-2-9(19)16(31)32/h9-11H,2-8,20H2,1H3,(H,21,33)(H,22,32)(H,24,29)(H,30,31)(H,34,35);8-10H,2-7,19H2,1H3,(H,20,30)(H,22,27)(H,28,29)(H,31,32)/t10-,11-;9-,10-/m00/s1. The molecule has 4 rings (SSSR count). The van der Waals surface area contributed by atoms with Gasteiger partial charge in [-0.3, -0.25) is 43.2 Å². The van der Waals surface area contributed by atoms with E-state index in [2.05, 4.69) is 57.2 Å². The molecule has 0 aliphatic rings. The van der Waals surface area contributed by atoms with Gasteiger partial charge in [-0.15, -0.1) is 10.2 Å². The van der Waals surface area contributed by atoms with Crippen LogP contribution in [-0.4, -0.2) is 202 Å². The zero-order valence-electron chi connectivity index (χ0n) is 39.1. The molecule has 0 aliphatic heterocycles. The Hall–Kier alpha value is -7.77. The average Bonchev–Trinajstić information content (AvgIpc) is 4.00. The molecule has 74 heavy (non-hydrogen) atoms. The highest BCUT2D eigenvalue weighted by Gasteiger charge is 2.25. The van der Waals surface area contributed by atoms with E-state index in [1.165, 1.54) is 43.0 Å². The molecule has 0 unspecified atom stereocenters. The molecule has 4 atom stereocenters. The van der Waals surface area contributed by atoms with Gasteiger partial charge in [0.05, 0.1) is 0 Å². The first kappa shape index (κ1) is 60.5. The zero-order valence-corrected chi connectivity index (χ0v) is 41.6. The highest BCUT2D eigenvalue weighted by molar-refractivity contribution is 8.76. The largest absolute Gasteiger partial charge is 0.480 e. The van der Waals surface area contributed by atoms with Gasteiger partial charge in [-0.2, -0.15) is 21.1 Å². The Kier molecular flexibility index (Phi) is 24.8. The summed E-state index contributed by atoms with van der Waals surface area (Å²) in [6.45, 7) is -1.10.